The molecule has 0 unspecified atom stereocenters. The van der Waals surface area contributed by atoms with Gasteiger partial charge < -0.3 is 4.90 Å². The summed E-state index contributed by atoms with van der Waals surface area (Å²) >= 11 is 0. The van der Waals surface area contributed by atoms with Gasteiger partial charge in [0.1, 0.15) is 0 Å². The van der Waals surface area contributed by atoms with Gasteiger partial charge in [-0.25, -0.2) is 0 Å². The van der Waals surface area contributed by atoms with Gasteiger partial charge in [-0.3, -0.25) is 14.4 Å². The summed E-state index contributed by atoms with van der Waals surface area (Å²) in [5.74, 6) is 0.277. The van der Waals surface area contributed by atoms with Crippen LogP contribution < -0.4 is 0 Å². The smallest absolute Gasteiger partial charge is 0.237 e. The minimum atomic E-state index is 0.277. The molecule has 0 radical (unpaired) electrons. The van der Waals surface area contributed by atoms with Crippen LogP contribution in [-0.2, 0) is 17.9 Å². The minimum absolute atomic E-state index is 0.277. The highest BCUT2D eigenvalue weighted by Crippen LogP contribution is 2.29. The standard InChI is InChI=1S/C20H26N4O/c25-20(24(18-9-10-18)14-17-6-2-1-3-7-17)16-22-12-4-8-19(22)15-23-13-5-11-21-23/h1-3,5-7,11,13,18-19H,4,8-10,12,14-16H2/t19-/m0/s1. The van der Waals surface area contributed by atoms with Gasteiger partial charge in [-0.05, 0) is 43.9 Å². The van der Waals surface area contributed by atoms with E-state index in [1.54, 1.807) is 0 Å². The van der Waals surface area contributed by atoms with Gasteiger partial charge in [0.25, 0.3) is 0 Å². The first-order valence-corrected chi connectivity index (χ1v) is 9.34. The van der Waals surface area contributed by atoms with Crippen molar-refractivity contribution in [2.45, 2.75) is 50.9 Å². The molecule has 0 spiro atoms. The van der Waals surface area contributed by atoms with E-state index in [0.717, 1.165) is 38.9 Å². The number of hydrogen-bond donors (Lipinski definition) is 0. The summed E-state index contributed by atoms with van der Waals surface area (Å²) in [7, 11) is 0. The Morgan fingerprint density at radius 2 is 2.00 bits per heavy atom. The fraction of sp³-hybridized carbons (Fsp3) is 0.500. The summed E-state index contributed by atoms with van der Waals surface area (Å²) in [4.78, 5) is 17.4. The number of carbonyl (C=O) groups is 1. The van der Waals surface area contributed by atoms with E-state index in [1.165, 1.54) is 12.0 Å². The third-order valence-electron chi connectivity index (χ3n) is 5.30. The molecule has 1 aliphatic carbocycles. The molecule has 1 aromatic carbocycles. The van der Waals surface area contributed by atoms with E-state index in [9.17, 15) is 4.79 Å². The Balaban J connectivity index is 1.38. The Bertz CT molecular complexity index is 681. The molecule has 1 saturated heterocycles. The quantitative estimate of drug-likeness (QED) is 0.779. The zero-order chi connectivity index (χ0) is 17.1. The first-order chi connectivity index (χ1) is 12.3. The van der Waals surface area contributed by atoms with E-state index in [0.29, 0.717) is 18.6 Å². The van der Waals surface area contributed by atoms with Crippen molar-refractivity contribution in [3.8, 4) is 0 Å². The molecule has 0 bridgehead atoms. The summed E-state index contributed by atoms with van der Waals surface area (Å²) in [5.41, 5.74) is 1.22. The number of hydrogen-bond acceptors (Lipinski definition) is 3. The van der Waals surface area contributed by atoms with Crippen LogP contribution in [0.4, 0.5) is 0 Å². The summed E-state index contributed by atoms with van der Waals surface area (Å²) in [6.45, 7) is 3.17. The second-order valence-corrected chi connectivity index (χ2v) is 7.23. The fourth-order valence-electron chi connectivity index (χ4n) is 3.79. The molecule has 25 heavy (non-hydrogen) atoms. The summed E-state index contributed by atoms with van der Waals surface area (Å²) in [5, 5.41) is 4.32. The van der Waals surface area contributed by atoms with Gasteiger partial charge in [0.2, 0.25) is 5.91 Å². The molecule has 2 fully saturated rings. The summed E-state index contributed by atoms with van der Waals surface area (Å²) in [6.07, 6.45) is 8.44. The molecular formula is C20H26N4O. The van der Waals surface area contributed by atoms with Crippen molar-refractivity contribution < 1.29 is 4.79 Å². The molecule has 2 heterocycles. The van der Waals surface area contributed by atoms with Crippen LogP contribution in [0.2, 0.25) is 0 Å². The molecule has 5 nitrogen and oxygen atoms in total. The summed E-state index contributed by atoms with van der Waals surface area (Å²) in [6, 6.07) is 13.2. The van der Waals surface area contributed by atoms with Gasteiger partial charge in [0.15, 0.2) is 0 Å². The molecule has 1 amide bonds. The second-order valence-electron chi connectivity index (χ2n) is 7.23. The Hall–Kier alpha value is -2.14. The average Bonchev–Trinajstić information content (AvgIpc) is 3.17. The van der Waals surface area contributed by atoms with E-state index in [4.69, 9.17) is 0 Å². The first-order valence-electron chi connectivity index (χ1n) is 9.34. The number of amides is 1. The molecule has 2 aliphatic rings. The van der Waals surface area contributed by atoms with Gasteiger partial charge in [-0.2, -0.15) is 5.10 Å². The van der Waals surface area contributed by atoms with E-state index in [-0.39, 0.29) is 5.91 Å². The topological polar surface area (TPSA) is 41.4 Å². The van der Waals surface area contributed by atoms with Crippen molar-refractivity contribution >= 4 is 5.91 Å². The molecule has 2 aromatic rings. The lowest BCUT2D eigenvalue weighted by Crippen LogP contribution is -2.44. The Morgan fingerprint density at radius 1 is 1.16 bits per heavy atom. The Labute approximate surface area is 149 Å². The lowest BCUT2D eigenvalue weighted by Gasteiger charge is -2.28. The molecule has 1 aliphatic heterocycles. The third kappa shape index (κ3) is 4.10. The highest BCUT2D eigenvalue weighted by Gasteiger charge is 2.35. The molecule has 132 valence electrons. The molecule has 1 atom stereocenters. The maximum atomic E-state index is 13.0. The normalized spacial score (nSPS) is 20.7. The highest BCUT2D eigenvalue weighted by atomic mass is 16.2. The number of aromatic nitrogens is 2. The zero-order valence-electron chi connectivity index (χ0n) is 14.6. The van der Waals surface area contributed by atoms with Crippen LogP contribution in [0.5, 0.6) is 0 Å². The highest BCUT2D eigenvalue weighted by molar-refractivity contribution is 5.79. The van der Waals surface area contributed by atoms with Gasteiger partial charge in [-0.1, -0.05) is 30.3 Å². The molecule has 1 aromatic heterocycles. The van der Waals surface area contributed by atoms with E-state index in [1.807, 2.05) is 41.3 Å². The predicted molar refractivity (Wildman–Crippen MR) is 96.8 cm³/mol. The van der Waals surface area contributed by atoms with Crippen molar-refractivity contribution in [2.75, 3.05) is 13.1 Å². The lowest BCUT2D eigenvalue weighted by molar-refractivity contribution is -0.134. The maximum Gasteiger partial charge on any atom is 0.237 e. The third-order valence-corrected chi connectivity index (χ3v) is 5.30. The van der Waals surface area contributed by atoms with Crippen molar-refractivity contribution in [2.24, 2.45) is 0 Å². The van der Waals surface area contributed by atoms with Gasteiger partial charge in [0, 0.05) is 31.0 Å². The van der Waals surface area contributed by atoms with Crippen LogP contribution in [0.1, 0.15) is 31.2 Å². The second kappa shape index (κ2) is 7.40. The molecule has 0 N–H and O–H groups in total. The number of rotatable bonds is 7. The van der Waals surface area contributed by atoms with Crippen LogP contribution in [0.15, 0.2) is 48.8 Å². The monoisotopic (exact) mass is 338 g/mol. The van der Waals surface area contributed by atoms with Gasteiger partial charge in [-0.15, -0.1) is 0 Å². The fourth-order valence-corrected chi connectivity index (χ4v) is 3.79. The van der Waals surface area contributed by atoms with Crippen LogP contribution >= 0.6 is 0 Å². The molecular weight excluding hydrogens is 312 g/mol. The Kier molecular flexibility index (Phi) is 4.83. The van der Waals surface area contributed by atoms with Crippen molar-refractivity contribution in [1.82, 2.24) is 19.6 Å². The number of benzene rings is 1. The molecule has 1 saturated carbocycles. The lowest BCUT2D eigenvalue weighted by atomic mass is 10.2. The minimum Gasteiger partial charge on any atom is -0.334 e. The van der Waals surface area contributed by atoms with Crippen molar-refractivity contribution in [3.63, 3.8) is 0 Å². The Morgan fingerprint density at radius 3 is 2.72 bits per heavy atom. The van der Waals surface area contributed by atoms with E-state index in [2.05, 4.69) is 27.0 Å². The van der Waals surface area contributed by atoms with Crippen molar-refractivity contribution in [1.29, 1.82) is 0 Å². The van der Waals surface area contributed by atoms with Crippen LogP contribution in [0, 0.1) is 0 Å². The molecule has 5 heteroatoms. The van der Waals surface area contributed by atoms with Crippen LogP contribution in [0.25, 0.3) is 0 Å². The van der Waals surface area contributed by atoms with Crippen LogP contribution in [-0.4, -0.2) is 50.7 Å². The SMILES string of the molecule is O=C(CN1CCC[C@H]1Cn1cccn1)N(Cc1ccccc1)C1CC1. The maximum absolute atomic E-state index is 13.0. The van der Waals surface area contributed by atoms with E-state index >= 15 is 0 Å². The van der Waals surface area contributed by atoms with Gasteiger partial charge >= 0.3 is 0 Å². The zero-order valence-corrected chi connectivity index (χ0v) is 14.6. The number of likely N-dealkylation sites (tertiary alicyclic amines) is 1. The molecule has 4 rings (SSSR count). The summed E-state index contributed by atoms with van der Waals surface area (Å²) < 4.78 is 1.98. The van der Waals surface area contributed by atoms with Crippen molar-refractivity contribution in [3.05, 3.63) is 54.4 Å². The van der Waals surface area contributed by atoms with Gasteiger partial charge in [0.05, 0.1) is 13.1 Å². The number of nitrogens with zero attached hydrogens (tertiary/aromatic N) is 4. The van der Waals surface area contributed by atoms with E-state index < -0.39 is 0 Å². The predicted octanol–water partition coefficient (Wildman–Crippen LogP) is 2.54. The first kappa shape index (κ1) is 16.3. The number of carbonyl (C=O) groups excluding carboxylic acids is 1. The van der Waals surface area contributed by atoms with Crippen LogP contribution in [0.3, 0.4) is 0 Å². The average molecular weight is 338 g/mol. The largest absolute Gasteiger partial charge is 0.334 e.